The van der Waals surface area contributed by atoms with Crippen LogP contribution in [0, 0.1) is 5.82 Å². The monoisotopic (exact) mass is 422 g/mol. The summed E-state index contributed by atoms with van der Waals surface area (Å²) in [5, 5.41) is 22.6. The van der Waals surface area contributed by atoms with E-state index in [1.54, 1.807) is 30.5 Å². The summed E-state index contributed by atoms with van der Waals surface area (Å²) in [5.41, 5.74) is 6.70. The number of halogens is 1. The predicted octanol–water partition coefficient (Wildman–Crippen LogP) is 2.93. The normalized spacial score (nSPS) is 14.2. The molecule has 31 heavy (non-hydrogen) atoms. The number of rotatable bonds is 3. The lowest BCUT2D eigenvalue weighted by Gasteiger charge is -2.35. The van der Waals surface area contributed by atoms with Crippen LogP contribution < -0.4 is 10.5 Å². The maximum atomic E-state index is 13.2. The number of benzene rings is 2. The van der Waals surface area contributed by atoms with Gasteiger partial charge in [0.05, 0.1) is 17.3 Å². The van der Waals surface area contributed by atoms with Crippen molar-refractivity contribution in [3.8, 4) is 17.4 Å². The van der Waals surface area contributed by atoms with Crippen molar-refractivity contribution in [1.29, 1.82) is 0 Å². The van der Waals surface area contributed by atoms with Crippen LogP contribution in [0.15, 0.2) is 48.8 Å². The Morgan fingerprint density at radius 1 is 1.19 bits per heavy atom. The fraction of sp³-hybridized carbons (Fsp3) is 0.182. The van der Waals surface area contributed by atoms with Crippen LogP contribution in [-0.2, 0) is 6.54 Å². The van der Waals surface area contributed by atoms with Crippen LogP contribution >= 0.6 is 0 Å². The molecule has 3 heterocycles. The van der Waals surface area contributed by atoms with Gasteiger partial charge in [-0.1, -0.05) is 12.1 Å². The Morgan fingerprint density at radius 3 is 2.65 bits per heavy atom. The van der Waals surface area contributed by atoms with Gasteiger partial charge in [-0.05, 0) is 29.8 Å². The van der Waals surface area contributed by atoms with Gasteiger partial charge in [0.25, 0.3) is 0 Å². The molecule has 1 aliphatic rings. The summed E-state index contributed by atoms with van der Waals surface area (Å²) in [5.74, 6) is -0.602. The molecule has 4 N–H and O–H groups in total. The zero-order chi connectivity index (χ0) is 21.7. The zero-order valence-corrected chi connectivity index (χ0v) is 16.3. The molecule has 2 aromatic heterocycles. The Morgan fingerprint density at radius 2 is 1.94 bits per heavy atom. The van der Waals surface area contributed by atoms with Crippen molar-refractivity contribution in [2.45, 2.75) is 12.6 Å². The Bertz CT molecular complexity index is 1310. The third kappa shape index (κ3) is 3.19. The number of phenolic OH excluding ortho intramolecular Hbond substituents is 1. The van der Waals surface area contributed by atoms with Crippen LogP contribution in [0.3, 0.4) is 0 Å². The van der Waals surface area contributed by atoms with Crippen LogP contribution in [0.2, 0.25) is 0 Å². The fourth-order valence-electron chi connectivity index (χ4n) is 3.82. The van der Waals surface area contributed by atoms with E-state index < -0.39 is 6.09 Å². The molecule has 0 saturated carbocycles. The molecule has 1 fully saturated rings. The highest BCUT2D eigenvalue weighted by Crippen LogP contribution is 2.46. The molecule has 1 amide bonds. The average molecular weight is 422 g/mol. The van der Waals surface area contributed by atoms with Crippen LogP contribution in [0.25, 0.3) is 21.7 Å². The van der Waals surface area contributed by atoms with Crippen molar-refractivity contribution in [2.75, 3.05) is 13.1 Å². The first-order valence-electron chi connectivity index (χ1n) is 9.70. The molecule has 5 rings (SSSR count). The first-order chi connectivity index (χ1) is 14.9. The van der Waals surface area contributed by atoms with Crippen molar-refractivity contribution in [1.82, 2.24) is 14.5 Å². The van der Waals surface area contributed by atoms with Gasteiger partial charge in [-0.25, -0.2) is 9.18 Å². The van der Waals surface area contributed by atoms with Gasteiger partial charge in [-0.15, -0.1) is 0 Å². The maximum Gasteiger partial charge on any atom is 0.415 e. The van der Waals surface area contributed by atoms with Gasteiger partial charge >= 0.3 is 6.09 Å². The van der Waals surface area contributed by atoms with E-state index in [1.165, 1.54) is 27.8 Å². The molecule has 8 nitrogen and oxygen atoms in total. The van der Waals surface area contributed by atoms with E-state index in [1.807, 2.05) is 0 Å². The molecular formula is C22H19FN4O4. The minimum atomic E-state index is -0.565. The number of fused-ring (bicyclic) bond motifs is 2. The number of aromatic nitrogens is 2. The third-order valence-corrected chi connectivity index (χ3v) is 5.43. The molecule has 0 aliphatic carbocycles. The Labute approximate surface area is 175 Å². The summed E-state index contributed by atoms with van der Waals surface area (Å²) >= 11 is 0. The number of phenols is 1. The van der Waals surface area contributed by atoms with Gasteiger partial charge in [0, 0.05) is 36.9 Å². The maximum absolute atomic E-state index is 13.2. The highest BCUT2D eigenvalue weighted by Gasteiger charge is 2.31. The largest absolute Gasteiger partial charge is 0.505 e. The fourth-order valence-corrected chi connectivity index (χ4v) is 3.82. The quantitative estimate of drug-likeness (QED) is 0.468. The summed E-state index contributed by atoms with van der Waals surface area (Å²) in [4.78, 5) is 18.3. The van der Waals surface area contributed by atoms with Crippen molar-refractivity contribution < 1.29 is 24.1 Å². The molecule has 0 spiro atoms. The van der Waals surface area contributed by atoms with E-state index in [4.69, 9.17) is 10.5 Å². The van der Waals surface area contributed by atoms with Crippen molar-refractivity contribution in [3.05, 3.63) is 60.2 Å². The Balaban J connectivity index is 1.65. The lowest BCUT2D eigenvalue weighted by Crippen LogP contribution is -2.58. The molecule has 1 aliphatic heterocycles. The van der Waals surface area contributed by atoms with Gasteiger partial charge in [-0.2, -0.15) is 0 Å². The van der Waals surface area contributed by atoms with Gasteiger partial charge in [0.2, 0.25) is 5.88 Å². The summed E-state index contributed by atoms with van der Waals surface area (Å²) in [6.07, 6.45) is 2.52. The van der Waals surface area contributed by atoms with Gasteiger partial charge in [0.15, 0.2) is 11.5 Å². The van der Waals surface area contributed by atoms with Crippen LogP contribution in [0.4, 0.5) is 9.18 Å². The second-order valence-corrected chi connectivity index (χ2v) is 7.61. The average Bonchev–Trinajstić information content (AvgIpc) is 3.06. The number of amides is 1. The second-order valence-electron chi connectivity index (χ2n) is 7.61. The van der Waals surface area contributed by atoms with E-state index in [0.717, 1.165) is 5.56 Å². The molecule has 1 saturated heterocycles. The van der Waals surface area contributed by atoms with Crippen molar-refractivity contribution in [3.63, 3.8) is 0 Å². The number of nitrogens with two attached hydrogens (primary N) is 1. The standard InChI is InChI=1S/C22H19FN4O4/c23-13-5-3-12(4-6-13)8-26-11-16-17(21(26)29)19(28)18-15(2-1-7-25-18)20(16)31-22(30)27-9-14(24)10-27/h1-7,11,14,28-29H,8-10,24H2. The summed E-state index contributed by atoms with van der Waals surface area (Å²) < 4.78 is 20.4. The number of carbonyl (C=O) groups excluding carboxylic acids is 1. The number of likely N-dealkylation sites (tertiary alicyclic amines) is 1. The summed E-state index contributed by atoms with van der Waals surface area (Å²) in [6.45, 7) is 1.01. The molecule has 4 aromatic rings. The van der Waals surface area contributed by atoms with E-state index >= 15 is 0 Å². The van der Waals surface area contributed by atoms with Gasteiger partial charge < -0.3 is 30.2 Å². The zero-order valence-electron chi connectivity index (χ0n) is 16.3. The third-order valence-electron chi connectivity index (χ3n) is 5.43. The van der Waals surface area contributed by atoms with Crippen LogP contribution in [0.1, 0.15) is 5.56 Å². The molecule has 158 valence electrons. The van der Waals surface area contributed by atoms with E-state index in [9.17, 15) is 19.4 Å². The summed E-state index contributed by atoms with van der Waals surface area (Å²) in [7, 11) is 0. The Hall–Kier alpha value is -3.85. The van der Waals surface area contributed by atoms with E-state index in [0.29, 0.717) is 23.9 Å². The van der Waals surface area contributed by atoms with E-state index in [2.05, 4.69) is 4.98 Å². The number of pyridine rings is 1. The Kier molecular flexibility index (Phi) is 4.40. The molecular weight excluding hydrogens is 403 g/mol. The molecule has 0 unspecified atom stereocenters. The highest BCUT2D eigenvalue weighted by molar-refractivity contribution is 6.12. The molecule has 0 radical (unpaired) electrons. The molecule has 0 atom stereocenters. The number of carbonyl (C=O) groups is 1. The SMILES string of the molecule is NC1CN(C(=O)Oc2c3cccnc3c(O)c3c(O)n(Cc4ccc(F)cc4)cc23)C1. The van der Waals surface area contributed by atoms with Crippen LogP contribution in [0.5, 0.6) is 17.4 Å². The number of ether oxygens (including phenoxy) is 1. The lowest BCUT2D eigenvalue weighted by atomic mass is 10.1. The first-order valence-corrected chi connectivity index (χ1v) is 9.70. The van der Waals surface area contributed by atoms with E-state index in [-0.39, 0.29) is 46.7 Å². The number of nitrogens with zero attached hydrogens (tertiary/aromatic N) is 3. The lowest BCUT2D eigenvalue weighted by molar-refractivity contribution is 0.114. The minimum absolute atomic E-state index is 0.0772. The minimum Gasteiger partial charge on any atom is -0.505 e. The predicted molar refractivity (Wildman–Crippen MR) is 112 cm³/mol. The number of hydrogen-bond donors (Lipinski definition) is 3. The molecule has 9 heteroatoms. The number of aromatic hydroxyl groups is 2. The number of hydrogen-bond acceptors (Lipinski definition) is 6. The van der Waals surface area contributed by atoms with Crippen LogP contribution in [-0.4, -0.2) is 49.9 Å². The van der Waals surface area contributed by atoms with Crippen molar-refractivity contribution >= 4 is 27.8 Å². The van der Waals surface area contributed by atoms with Crippen molar-refractivity contribution in [2.24, 2.45) is 5.73 Å². The smallest absolute Gasteiger partial charge is 0.415 e. The molecule has 2 aromatic carbocycles. The first kappa shape index (κ1) is 19.1. The van der Waals surface area contributed by atoms with Gasteiger partial charge in [-0.3, -0.25) is 4.98 Å². The van der Waals surface area contributed by atoms with Gasteiger partial charge in [0.1, 0.15) is 11.3 Å². The second kappa shape index (κ2) is 7.13. The highest BCUT2D eigenvalue weighted by atomic mass is 19.1. The topological polar surface area (TPSA) is 114 Å². The molecule has 0 bridgehead atoms. The summed E-state index contributed by atoms with van der Waals surface area (Å²) in [6, 6.07) is 9.13.